The lowest BCUT2D eigenvalue weighted by Gasteiger charge is -2.14. The van der Waals surface area contributed by atoms with Crippen molar-refractivity contribution in [2.24, 2.45) is 5.92 Å². The second-order valence-corrected chi connectivity index (χ2v) is 5.22. The molecule has 0 radical (unpaired) electrons. The van der Waals surface area contributed by atoms with Crippen LogP contribution in [0.1, 0.15) is 11.1 Å². The SMILES string of the molecule is COc1cccc(CC(CCl)Cc2ccc(F)cc2)c1. The molecule has 0 N–H and O–H groups in total. The van der Waals surface area contributed by atoms with E-state index >= 15 is 0 Å². The number of alkyl halides is 1. The molecule has 106 valence electrons. The maximum atomic E-state index is 12.9. The third-order valence-corrected chi connectivity index (χ3v) is 3.75. The third kappa shape index (κ3) is 4.24. The molecule has 0 heterocycles. The summed E-state index contributed by atoms with van der Waals surface area (Å²) in [6.45, 7) is 0. The summed E-state index contributed by atoms with van der Waals surface area (Å²) < 4.78 is 18.1. The molecule has 2 aromatic carbocycles. The van der Waals surface area contributed by atoms with Crippen molar-refractivity contribution in [2.45, 2.75) is 12.8 Å². The summed E-state index contributed by atoms with van der Waals surface area (Å²) in [6, 6.07) is 14.6. The number of halogens is 2. The van der Waals surface area contributed by atoms with Crippen LogP contribution in [0.3, 0.4) is 0 Å². The van der Waals surface area contributed by atoms with Gasteiger partial charge < -0.3 is 4.74 Å². The van der Waals surface area contributed by atoms with Crippen molar-refractivity contribution in [3.63, 3.8) is 0 Å². The largest absolute Gasteiger partial charge is 0.497 e. The second kappa shape index (κ2) is 7.30. The summed E-state index contributed by atoms with van der Waals surface area (Å²) >= 11 is 6.07. The van der Waals surface area contributed by atoms with E-state index in [1.165, 1.54) is 17.7 Å². The molecule has 2 rings (SSSR count). The average Bonchev–Trinajstić information content (AvgIpc) is 2.49. The van der Waals surface area contributed by atoms with E-state index in [4.69, 9.17) is 16.3 Å². The van der Waals surface area contributed by atoms with Gasteiger partial charge in [-0.05, 0) is 54.2 Å². The molecule has 0 aromatic heterocycles. The zero-order valence-corrected chi connectivity index (χ0v) is 12.2. The Balaban J connectivity index is 2.02. The van der Waals surface area contributed by atoms with Crippen LogP contribution in [0.15, 0.2) is 48.5 Å². The number of ether oxygens (including phenoxy) is 1. The van der Waals surface area contributed by atoms with Crippen LogP contribution < -0.4 is 4.74 Å². The monoisotopic (exact) mass is 292 g/mol. The van der Waals surface area contributed by atoms with E-state index in [0.717, 1.165) is 24.2 Å². The van der Waals surface area contributed by atoms with E-state index in [1.807, 2.05) is 30.3 Å². The predicted molar refractivity (Wildman–Crippen MR) is 81.0 cm³/mol. The molecule has 2 aromatic rings. The van der Waals surface area contributed by atoms with Gasteiger partial charge in [0.2, 0.25) is 0 Å². The maximum Gasteiger partial charge on any atom is 0.123 e. The van der Waals surface area contributed by atoms with Gasteiger partial charge >= 0.3 is 0 Å². The highest BCUT2D eigenvalue weighted by molar-refractivity contribution is 6.18. The van der Waals surface area contributed by atoms with Crippen LogP contribution in [0.2, 0.25) is 0 Å². The molecular weight excluding hydrogens is 275 g/mol. The lowest BCUT2D eigenvalue weighted by Crippen LogP contribution is -2.10. The Morgan fingerprint density at radius 1 is 1.05 bits per heavy atom. The first-order valence-corrected chi connectivity index (χ1v) is 7.18. The molecule has 0 amide bonds. The Bertz CT molecular complexity index is 539. The van der Waals surface area contributed by atoms with Crippen molar-refractivity contribution in [3.05, 3.63) is 65.5 Å². The molecule has 0 bridgehead atoms. The van der Waals surface area contributed by atoms with Crippen LogP contribution in [-0.2, 0) is 12.8 Å². The third-order valence-electron chi connectivity index (χ3n) is 3.31. The highest BCUT2D eigenvalue weighted by Gasteiger charge is 2.10. The van der Waals surface area contributed by atoms with E-state index in [1.54, 1.807) is 7.11 Å². The Morgan fingerprint density at radius 2 is 1.75 bits per heavy atom. The quantitative estimate of drug-likeness (QED) is 0.714. The van der Waals surface area contributed by atoms with Gasteiger partial charge in [0.05, 0.1) is 7.11 Å². The Hall–Kier alpha value is -1.54. The number of hydrogen-bond donors (Lipinski definition) is 0. The molecule has 3 heteroatoms. The van der Waals surface area contributed by atoms with Gasteiger partial charge in [-0.15, -0.1) is 11.6 Å². The Morgan fingerprint density at radius 3 is 2.40 bits per heavy atom. The molecule has 1 nitrogen and oxygen atoms in total. The molecule has 0 aliphatic carbocycles. The predicted octanol–water partition coefficient (Wildman–Crippen LogP) is 4.47. The minimum absolute atomic E-state index is 0.205. The molecular formula is C17H18ClFO. The van der Waals surface area contributed by atoms with Crippen LogP contribution in [0.5, 0.6) is 5.75 Å². The molecule has 0 saturated carbocycles. The number of methoxy groups -OCH3 is 1. The van der Waals surface area contributed by atoms with E-state index in [2.05, 4.69) is 6.07 Å². The fourth-order valence-electron chi connectivity index (χ4n) is 2.27. The molecule has 0 fully saturated rings. The molecule has 1 atom stereocenters. The van der Waals surface area contributed by atoms with Crippen molar-refractivity contribution in [3.8, 4) is 5.75 Å². The normalized spacial score (nSPS) is 12.2. The van der Waals surface area contributed by atoms with Crippen molar-refractivity contribution >= 4 is 11.6 Å². The van der Waals surface area contributed by atoms with Gasteiger partial charge in [0, 0.05) is 5.88 Å². The summed E-state index contributed by atoms with van der Waals surface area (Å²) in [7, 11) is 1.66. The van der Waals surface area contributed by atoms with Gasteiger partial charge in [-0.3, -0.25) is 0 Å². The van der Waals surface area contributed by atoms with E-state index < -0.39 is 0 Å². The number of hydrogen-bond acceptors (Lipinski definition) is 1. The molecule has 0 spiro atoms. The molecule has 0 saturated heterocycles. The van der Waals surface area contributed by atoms with Crippen molar-refractivity contribution in [1.29, 1.82) is 0 Å². The molecule has 1 unspecified atom stereocenters. The lowest BCUT2D eigenvalue weighted by molar-refractivity contribution is 0.414. The van der Waals surface area contributed by atoms with Gasteiger partial charge in [0.1, 0.15) is 11.6 Å². The van der Waals surface area contributed by atoms with E-state index in [0.29, 0.717) is 11.8 Å². The number of rotatable bonds is 6. The fraction of sp³-hybridized carbons (Fsp3) is 0.294. The summed E-state index contributed by atoms with van der Waals surface area (Å²) in [4.78, 5) is 0. The Labute approximate surface area is 124 Å². The maximum absolute atomic E-state index is 12.9. The van der Waals surface area contributed by atoms with Gasteiger partial charge in [0.25, 0.3) is 0 Å². The minimum Gasteiger partial charge on any atom is -0.497 e. The standard InChI is InChI=1S/C17H18ClFO/c1-20-17-4-2-3-14(11-17)10-15(12-18)9-13-5-7-16(19)8-6-13/h2-8,11,15H,9-10,12H2,1H3. The minimum atomic E-state index is -0.205. The average molecular weight is 293 g/mol. The van der Waals surface area contributed by atoms with E-state index in [-0.39, 0.29) is 5.82 Å². The van der Waals surface area contributed by atoms with Gasteiger partial charge in [-0.25, -0.2) is 4.39 Å². The molecule has 0 aliphatic rings. The van der Waals surface area contributed by atoms with Gasteiger partial charge in [-0.2, -0.15) is 0 Å². The summed E-state index contributed by atoms with van der Waals surface area (Å²) in [5.41, 5.74) is 2.32. The smallest absolute Gasteiger partial charge is 0.123 e. The highest BCUT2D eigenvalue weighted by atomic mass is 35.5. The zero-order chi connectivity index (χ0) is 14.4. The first kappa shape index (κ1) is 14.9. The topological polar surface area (TPSA) is 9.23 Å². The van der Waals surface area contributed by atoms with E-state index in [9.17, 15) is 4.39 Å². The van der Waals surface area contributed by atoms with Crippen LogP contribution in [0, 0.1) is 11.7 Å². The summed E-state index contributed by atoms with van der Waals surface area (Å²) in [5.74, 6) is 1.56. The first-order chi connectivity index (χ1) is 9.71. The fourth-order valence-corrected chi connectivity index (χ4v) is 2.49. The number of benzene rings is 2. The van der Waals surface area contributed by atoms with Crippen LogP contribution in [0.4, 0.5) is 4.39 Å². The lowest BCUT2D eigenvalue weighted by atomic mass is 9.94. The first-order valence-electron chi connectivity index (χ1n) is 6.64. The highest BCUT2D eigenvalue weighted by Crippen LogP contribution is 2.20. The van der Waals surface area contributed by atoms with Crippen molar-refractivity contribution in [2.75, 3.05) is 13.0 Å². The van der Waals surface area contributed by atoms with Crippen molar-refractivity contribution < 1.29 is 9.13 Å². The van der Waals surface area contributed by atoms with Crippen LogP contribution >= 0.6 is 11.6 Å². The Kier molecular flexibility index (Phi) is 5.42. The zero-order valence-electron chi connectivity index (χ0n) is 11.5. The van der Waals surface area contributed by atoms with Crippen LogP contribution in [-0.4, -0.2) is 13.0 Å². The molecule has 0 aliphatic heterocycles. The molecule has 20 heavy (non-hydrogen) atoms. The summed E-state index contributed by atoms with van der Waals surface area (Å²) in [6.07, 6.45) is 1.74. The van der Waals surface area contributed by atoms with Crippen LogP contribution in [0.25, 0.3) is 0 Å². The summed E-state index contributed by atoms with van der Waals surface area (Å²) in [5, 5.41) is 0. The van der Waals surface area contributed by atoms with Gasteiger partial charge in [-0.1, -0.05) is 24.3 Å². The second-order valence-electron chi connectivity index (χ2n) is 4.91. The van der Waals surface area contributed by atoms with Gasteiger partial charge in [0.15, 0.2) is 0 Å². The van der Waals surface area contributed by atoms with Crippen molar-refractivity contribution in [1.82, 2.24) is 0 Å².